The number of nitrogens with zero attached hydrogens (tertiary/aromatic N) is 4. The first-order chi connectivity index (χ1) is 17.5. The number of alkyl halides is 2. The van der Waals surface area contributed by atoms with Gasteiger partial charge in [0.25, 0.3) is 17.7 Å². The van der Waals surface area contributed by atoms with E-state index in [0.717, 1.165) is 12.3 Å². The molecule has 3 aromatic rings. The van der Waals surface area contributed by atoms with Crippen molar-refractivity contribution in [3.63, 3.8) is 0 Å². The molecule has 1 unspecified atom stereocenters. The van der Waals surface area contributed by atoms with Gasteiger partial charge in [-0.3, -0.25) is 14.6 Å². The van der Waals surface area contributed by atoms with Crippen LogP contribution in [0.4, 0.5) is 18.9 Å². The van der Waals surface area contributed by atoms with E-state index < -0.39 is 42.6 Å². The molecule has 0 saturated carbocycles. The van der Waals surface area contributed by atoms with E-state index in [1.54, 1.807) is 6.07 Å². The maximum Gasteiger partial charge on any atom is 0.275 e. The Labute approximate surface area is 218 Å². The van der Waals surface area contributed by atoms with Gasteiger partial charge in [-0.2, -0.15) is 5.26 Å². The van der Waals surface area contributed by atoms with Crippen LogP contribution in [-0.4, -0.2) is 45.2 Å². The summed E-state index contributed by atoms with van der Waals surface area (Å²) in [5.41, 5.74) is 0.240. The fraction of sp³-hybridized carbons (Fsp3) is 0.160. The van der Waals surface area contributed by atoms with Gasteiger partial charge in [-0.25, -0.2) is 18.2 Å². The molecule has 2 amide bonds. The highest BCUT2D eigenvalue weighted by Gasteiger charge is 2.48. The van der Waals surface area contributed by atoms with Gasteiger partial charge < -0.3 is 10.2 Å². The Bertz CT molecular complexity index is 1520. The van der Waals surface area contributed by atoms with Gasteiger partial charge in [-0.1, -0.05) is 29.1 Å². The lowest BCUT2D eigenvalue weighted by molar-refractivity contribution is 0.0118. The predicted molar refractivity (Wildman–Crippen MR) is 130 cm³/mol. The lowest BCUT2D eigenvalue weighted by Gasteiger charge is -2.19. The molecule has 1 saturated heterocycles. The van der Waals surface area contributed by atoms with E-state index in [1.807, 2.05) is 0 Å². The van der Waals surface area contributed by atoms with Gasteiger partial charge in [0.1, 0.15) is 17.6 Å². The van der Waals surface area contributed by atoms with Crippen LogP contribution in [0.1, 0.15) is 32.8 Å². The number of benzene rings is 1. The predicted octanol–water partition coefficient (Wildman–Crippen LogP) is 5.20. The Hall–Kier alpha value is -4.12. The summed E-state index contributed by atoms with van der Waals surface area (Å²) < 4.78 is 42.3. The number of hydrogen-bond acceptors (Lipinski definition) is 5. The molecule has 0 bridgehead atoms. The van der Waals surface area contributed by atoms with Crippen molar-refractivity contribution in [1.29, 1.82) is 5.26 Å². The summed E-state index contributed by atoms with van der Waals surface area (Å²) in [7, 11) is 0. The maximum atomic E-state index is 14.9. The van der Waals surface area contributed by atoms with Crippen molar-refractivity contribution in [1.82, 2.24) is 14.9 Å². The zero-order valence-electron chi connectivity index (χ0n) is 18.6. The monoisotopic (exact) mass is 543 g/mol. The lowest BCUT2D eigenvalue weighted by atomic mass is 10.00. The average Bonchev–Trinajstić information content (AvgIpc) is 3.19. The van der Waals surface area contributed by atoms with Crippen molar-refractivity contribution in [2.24, 2.45) is 0 Å². The Morgan fingerprint density at radius 2 is 1.95 bits per heavy atom. The topological polar surface area (TPSA) is 99.0 Å². The molecule has 1 aliphatic rings. The SMILES string of the molecule is C#Cc1cnccc1-c1cc(Cl)c(C(=O)Nc2cnc(C(=O)N3CC(F)(F)CC3C#N)c(Cl)c2)cc1F. The number of halogens is 5. The second-order valence-corrected chi connectivity index (χ2v) is 8.84. The zero-order valence-corrected chi connectivity index (χ0v) is 20.1. The Morgan fingerprint density at radius 1 is 1.19 bits per heavy atom. The molecule has 12 heteroatoms. The largest absolute Gasteiger partial charge is 0.320 e. The molecule has 186 valence electrons. The number of anilines is 1. The first-order valence-corrected chi connectivity index (χ1v) is 11.3. The molecule has 3 heterocycles. The van der Waals surface area contributed by atoms with E-state index >= 15 is 0 Å². The van der Waals surface area contributed by atoms with Crippen molar-refractivity contribution in [3.05, 3.63) is 75.5 Å². The quantitative estimate of drug-likeness (QED) is 0.456. The van der Waals surface area contributed by atoms with Gasteiger partial charge >= 0.3 is 0 Å². The molecule has 7 nitrogen and oxygen atoms in total. The van der Waals surface area contributed by atoms with Crippen LogP contribution < -0.4 is 5.32 Å². The number of carbonyl (C=O) groups is 2. The fourth-order valence-electron chi connectivity index (χ4n) is 3.82. The normalized spacial score (nSPS) is 16.1. The van der Waals surface area contributed by atoms with E-state index in [-0.39, 0.29) is 32.6 Å². The molecule has 0 radical (unpaired) electrons. The van der Waals surface area contributed by atoms with Crippen molar-refractivity contribution in [2.45, 2.75) is 18.4 Å². The second-order valence-electron chi connectivity index (χ2n) is 8.02. The highest BCUT2D eigenvalue weighted by Crippen LogP contribution is 2.34. The van der Waals surface area contributed by atoms with Crippen LogP contribution >= 0.6 is 23.2 Å². The first-order valence-electron chi connectivity index (χ1n) is 10.5. The highest BCUT2D eigenvalue weighted by molar-refractivity contribution is 6.35. The second kappa shape index (κ2) is 10.1. The molecular weight excluding hydrogens is 530 g/mol. The molecule has 2 aromatic heterocycles. The van der Waals surface area contributed by atoms with Crippen molar-refractivity contribution in [2.75, 3.05) is 11.9 Å². The smallest absolute Gasteiger partial charge is 0.275 e. The summed E-state index contributed by atoms with van der Waals surface area (Å²) >= 11 is 12.4. The van der Waals surface area contributed by atoms with E-state index in [0.29, 0.717) is 16.0 Å². The number of amides is 2. The lowest BCUT2D eigenvalue weighted by Crippen LogP contribution is -2.36. The number of nitrogens with one attached hydrogen (secondary N) is 1. The van der Waals surface area contributed by atoms with Crippen molar-refractivity contribution in [3.8, 4) is 29.5 Å². The molecule has 0 aliphatic carbocycles. The van der Waals surface area contributed by atoms with Gasteiger partial charge in [0.05, 0.1) is 45.7 Å². The molecule has 37 heavy (non-hydrogen) atoms. The summed E-state index contributed by atoms with van der Waals surface area (Å²) in [5, 5.41) is 11.2. The summed E-state index contributed by atoms with van der Waals surface area (Å²) in [5.74, 6) is -3.32. The van der Waals surface area contributed by atoms with Crippen LogP contribution in [-0.2, 0) is 0 Å². The third kappa shape index (κ3) is 5.21. The molecule has 1 aliphatic heterocycles. The Kier molecular flexibility index (Phi) is 7.08. The third-order valence-corrected chi connectivity index (χ3v) is 6.15. The zero-order chi connectivity index (χ0) is 26.9. The number of terminal acetylenes is 1. The van der Waals surface area contributed by atoms with E-state index in [2.05, 4.69) is 21.2 Å². The molecule has 1 aromatic carbocycles. The van der Waals surface area contributed by atoms with Crippen LogP contribution in [0.3, 0.4) is 0 Å². The maximum absolute atomic E-state index is 14.9. The molecule has 1 atom stereocenters. The summed E-state index contributed by atoms with van der Waals surface area (Å²) in [6.07, 6.45) is 8.56. The third-order valence-electron chi connectivity index (χ3n) is 5.55. The number of nitriles is 1. The molecular formula is C25H14Cl2F3N5O2. The van der Waals surface area contributed by atoms with Crippen LogP contribution in [0.5, 0.6) is 0 Å². The minimum Gasteiger partial charge on any atom is -0.320 e. The fourth-order valence-corrected chi connectivity index (χ4v) is 4.31. The van der Waals surface area contributed by atoms with E-state index in [1.165, 1.54) is 30.6 Å². The summed E-state index contributed by atoms with van der Waals surface area (Å²) in [6.45, 7) is -0.942. The standard InChI is InChI=1S/C25H14Cl2F3N5O2/c1-2-13-10-32-4-3-16(13)17-6-19(26)18(7-21(17)28)23(36)34-14-5-20(27)22(33-11-14)24(37)35-12-25(29,30)8-15(35)9-31/h1,3-7,10-11,15H,8,12H2,(H,34,36). The summed E-state index contributed by atoms with van der Waals surface area (Å²) in [6, 6.07) is 5.22. The first kappa shape index (κ1) is 26.0. The van der Waals surface area contributed by atoms with Crippen LogP contribution in [0.2, 0.25) is 10.0 Å². The Balaban J connectivity index is 1.55. The van der Waals surface area contributed by atoms with Crippen LogP contribution in [0.25, 0.3) is 11.1 Å². The van der Waals surface area contributed by atoms with Crippen LogP contribution in [0, 0.1) is 29.5 Å². The number of likely N-dealkylation sites (tertiary alicyclic amines) is 1. The molecule has 4 rings (SSSR count). The number of rotatable bonds is 4. The minimum absolute atomic E-state index is 0.0273. The highest BCUT2D eigenvalue weighted by atomic mass is 35.5. The van der Waals surface area contributed by atoms with E-state index in [9.17, 15) is 22.8 Å². The van der Waals surface area contributed by atoms with E-state index in [4.69, 9.17) is 34.9 Å². The Morgan fingerprint density at radius 3 is 2.62 bits per heavy atom. The summed E-state index contributed by atoms with van der Waals surface area (Å²) in [4.78, 5) is 33.9. The average molecular weight is 544 g/mol. The molecule has 0 spiro atoms. The minimum atomic E-state index is -3.21. The number of hydrogen-bond donors (Lipinski definition) is 1. The number of carbonyl (C=O) groups excluding carboxylic acids is 2. The van der Waals surface area contributed by atoms with Gasteiger partial charge in [0.15, 0.2) is 0 Å². The van der Waals surface area contributed by atoms with Gasteiger partial charge in [-0.15, -0.1) is 6.42 Å². The van der Waals surface area contributed by atoms with Crippen LogP contribution in [0.15, 0.2) is 42.9 Å². The van der Waals surface area contributed by atoms with Crippen molar-refractivity contribution < 1.29 is 22.8 Å². The van der Waals surface area contributed by atoms with Gasteiger partial charge in [0.2, 0.25) is 0 Å². The molecule has 1 N–H and O–H groups in total. The molecule has 1 fully saturated rings. The number of pyridine rings is 2. The number of aromatic nitrogens is 2. The van der Waals surface area contributed by atoms with Gasteiger partial charge in [0, 0.05) is 29.9 Å². The van der Waals surface area contributed by atoms with Crippen molar-refractivity contribution >= 4 is 40.7 Å². The van der Waals surface area contributed by atoms with Gasteiger partial charge in [-0.05, 0) is 24.3 Å².